The minimum absolute atomic E-state index is 0.121. The largest absolute Gasteiger partial charge is 0.476 e. The Morgan fingerprint density at radius 1 is 1.47 bits per heavy atom. The first-order valence-corrected chi connectivity index (χ1v) is 6.45. The second-order valence-electron chi connectivity index (χ2n) is 2.97. The molecule has 0 saturated heterocycles. The summed E-state index contributed by atoms with van der Waals surface area (Å²) in [6.45, 7) is 1.85. The average molecular weight is 288 g/mol. The van der Waals surface area contributed by atoms with Crippen LogP contribution in [0.2, 0.25) is 5.02 Å². The first-order valence-electron chi connectivity index (χ1n) is 4.44. The van der Waals surface area contributed by atoms with Crippen LogP contribution in [0, 0.1) is 6.92 Å². The zero-order valence-electron chi connectivity index (χ0n) is 8.55. The van der Waals surface area contributed by atoms with E-state index < -0.39 is 5.97 Å². The van der Waals surface area contributed by atoms with Crippen molar-refractivity contribution in [3.05, 3.63) is 27.9 Å². The van der Waals surface area contributed by atoms with Crippen molar-refractivity contribution >= 4 is 40.7 Å². The van der Waals surface area contributed by atoms with E-state index in [4.69, 9.17) is 16.7 Å². The molecule has 0 atom stereocenters. The molecule has 0 bridgehead atoms. The van der Waals surface area contributed by atoms with Gasteiger partial charge >= 0.3 is 5.97 Å². The summed E-state index contributed by atoms with van der Waals surface area (Å²) < 4.78 is 0.716. The van der Waals surface area contributed by atoms with Gasteiger partial charge in [-0.1, -0.05) is 22.9 Å². The topological polar surface area (TPSA) is 76.0 Å². The Balaban J connectivity index is 2.28. The molecule has 88 valence electrons. The van der Waals surface area contributed by atoms with Crippen LogP contribution in [0.25, 0.3) is 0 Å². The van der Waals surface area contributed by atoms with Crippen LogP contribution < -0.4 is 0 Å². The number of rotatable bonds is 3. The van der Waals surface area contributed by atoms with E-state index in [1.54, 1.807) is 6.07 Å². The molecule has 0 radical (unpaired) electrons. The molecule has 5 nitrogen and oxygen atoms in total. The molecule has 0 spiro atoms. The van der Waals surface area contributed by atoms with E-state index in [0.717, 1.165) is 5.01 Å². The lowest BCUT2D eigenvalue weighted by atomic mass is 10.3. The minimum Gasteiger partial charge on any atom is -0.476 e. The molecule has 8 heteroatoms. The first kappa shape index (κ1) is 12.3. The molecule has 2 rings (SSSR count). The summed E-state index contributed by atoms with van der Waals surface area (Å²) in [7, 11) is 0. The van der Waals surface area contributed by atoms with E-state index in [2.05, 4.69) is 15.2 Å². The summed E-state index contributed by atoms with van der Waals surface area (Å²) in [5, 5.41) is 18.2. The van der Waals surface area contributed by atoms with Gasteiger partial charge in [-0.2, -0.15) is 0 Å². The number of nitrogens with zero attached hydrogens (tertiary/aromatic N) is 3. The lowest BCUT2D eigenvalue weighted by Gasteiger charge is -2.00. The molecule has 2 aromatic heterocycles. The minimum atomic E-state index is -1.15. The highest BCUT2D eigenvalue weighted by molar-refractivity contribution is 8.01. The molecule has 0 fully saturated rings. The number of aromatic nitrogens is 3. The van der Waals surface area contributed by atoms with Crippen LogP contribution >= 0.6 is 34.7 Å². The molecule has 0 aliphatic carbocycles. The summed E-state index contributed by atoms with van der Waals surface area (Å²) in [6, 6.07) is 3.16. The number of halogens is 1. The molecular formula is C9H6ClN3O2S2. The number of aryl methyl sites for hydroxylation is 1. The van der Waals surface area contributed by atoms with E-state index in [0.29, 0.717) is 9.37 Å². The van der Waals surface area contributed by atoms with Crippen molar-refractivity contribution in [1.29, 1.82) is 0 Å². The van der Waals surface area contributed by atoms with Gasteiger partial charge in [0.2, 0.25) is 0 Å². The smallest absolute Gasteiger partial charge is 0.356 e. The monoisotopic (exact) mass is 287 g/mol. The highest BCUT2D eigenvalue weighted by Crippen LogP contribution is 2.29. The Bertz CT molecular complexity index is 573. The Morgan fingerprint density at radius 2 is 2.24 bits per heavy atom. The van der Waals surface area contributed by atoms with E-state index >= 15 is 0 Å². The van der Waals surface area contributed by atoms with Gasteiger partial charge in [0.05, 0.1) is 5.02 Å². The summed E-state index contributed by atoms with van der Waals surface area (Å²) in [6.07, 6.45) is 0. The van der Waals surface area contributed by atoms with Crippen molar-refractivity contribution in [1.82, 2.24) is 15.2 Å². The number of carboxylic acids is 1. The van der Waals surface area contributed by atoms with Crippen molar-refractivity contribution in [3.63, 3.8) is 0 Å². The van der Waals surface area contributed by atoms with Crippen LogP contribution in [-0.2, 0) is 0 Å². The van der Waals surface area contributed by atoms with Crippen LogP contribution in [0.1, 0.15) is 15.5 Å². The van der Waals surface area contributed by atoms with Gasteiger partial charge in [-0.05, 0) is 30.8 Å². The van der Waals surface area contributed by atoms with E-state index in [1.165, 1.54) is 29.2 Å². The van der Waals surface area contributed by atoms with Crippen LogP contribution in [0.5, 0.6) is 0 Å². The number of aromatic carboxylic acids is 1. The van der Waals surface area contributed by atoms with Crippen molar-refractivity contribution in [3.8, 4) is 0 Å². The Kier molecular flexibility index (Phi) is 3.60. The van der Waals surface area contributed by atoms with Crippen molar-refractivity contribution in [2.75, 3.05) is 0 Å². The highest BCUT2D eigenvalue weighted by Gasteiger charge is 2.13. The van der Waals surface area contributed by atoms with E-state index in [1.807, 2.05) is 6.92 Å². The zero-order valence-corrected chi connectivity index (χ0v) is 10.9. The molecule has 0 amide bonds. The fraction of sp³-hybridized carbons (Fsp3) is 0.111. The second kappa shape index (κ2) is 4.99. The molecule has 0 aliphatic rings. The maximum absolute atomic E-state index is 10.8. The maximum Gasteiger partial charge on any atom is 0.356 e. The molecule has 2 heterocycles. The van der Waals surface area contributed by atoms with Gasteiger partial charge in [0, 0.05) is 0 Å². The van der Waals surface area contributed by atoms with Gasteiger partial charge in [-0.3, -0.25) is 0 Å². The maximum atomic E-state index is 10.8. The van der Waals surface area contributed by atoms with Crippen LogP contribution in [-0.4, -0.2) is 26.3 Å². The quantitative estimate of drug-likeness (QED) is 0.935. The highest BCUT2D eigenvalue weighted by atomic mass is 35.5. The third-order valence-electron chi connectivity index (χ3n) is 1.72. The van der Waals surface area contributed by atoms with Crippen LogP contribution in [0.4, 0.5) is 0 Å². The van der Waals surface area contributed by atoms with E-state index in [-0.39, 0.29) is 10.7 Å². The summed E-state index contributed by atoms with van der Waals surface area (Å²) in [4.78, 5) is 14.8. The normalized spacial score (nSPS) is 10.5. The standard InChI is InChI=1S/C9H6ClN3O2S2/c1-4-12-13-9(16-4)17-6-3-2-5(10)7(11-6)8(14)15/h2-3H,1H3,(H,14,15). The van der Waals surface area contributed by atoms with Gasteiger partial charge in [0.25, 0.3) is 0 Å². The second-order valence-corrected chi connectivity index (χ2v) is 5.83. The number of carbonyl (C=O) groups is 1. The van der Waals surface area contributed by atoms with Crippen molar-refractivity contribution < 1.29 is 9.90 Å². The lowest BCUT2D eigenvalue weighted by Crippen LogP contribution is -2.01. The predicted octanol–water partition coefficient (Wildman–Crippen LogP) is 2.74. The number of hydrogen-bond acceptors (Lipinski definition) is 6. The third kappa shape index (κ3) is 2.93. The molecule has 1 N–H and O–H groups in total. The van der Waals surface area contributed by atoms with Gasteiger partial charge in [-0.15, -0.1) is 10.2 Å². The fourth-order valence-corrected chi connectivity index (χ4v) is 2.96. The third-order valence-corrected chi connectivity index (χ3v) is 3.85. The molecule has 0 aliphatic heterocycles. The van der Waals surface area contributed by atoms with Gasteiger partial charge < -0.3 is 5.11 Å². The molecule has 0 unspecified atom stereocenters. The zero-order chi connectivity index (χ0) is 12.4. The van der Waals surface area contributed by atoms with Gasteiger partial charge in [0.15, 0.2) is 10.0 Å². The SMILES string of the molecule is Cc1nnc(Sc2ccc(Cl)c(C(=O)O)n2)s1. The van der Waals surface area contributed by atoms with Gasteiger partial charge in [-0.25, -0.2) is 9.78 Å². The predicted molar refractivity (Wildman–Crippen MR) is 65.0 cm³/mol. The fourth-order valence-electron chi connectivity index (χ4n) is 1.04. The lowest BCUT2D eigenvalue weighted by molar-refractivity contribution is 0.0690. The Hall–Kier alpha value is -1.18. The molecule has 0 aromatic carbocycles. The average Bonchev–Trinajstić information content (AvgIpc) is 2.66. The number of carboxylic acid groups (broad SMARTS) is 1. The summed E-state index contributed by atoms with van der Waals surface area (Å²) in [5.74, 6) is -1.15. The number of pyridine rings is 1. The van der Waals surface area contributed by atoms with Crippen LogP contribution in [0.3, 0.4) is 0 Å². The Labute approximate surface area is 110 Å². The Morgan fingerprint density at radius 3 is 2.82 bits per heavy atom. The van der Waals surface area contributed by atoms with Crippen LogP contribution in [0.15, 0.2) is 21.5 Å². The summed E-state index contributed by atoms with van der Waals surface area (Å²) >= 11 is 8.40. The van der Waals surface area contributed by atoms with Crippen molar-refractivity contribution in [2.24, 2.45) is 0 Å². The van der Waals surface area contributed by atoms with E-state index in [9.17, 15) is 4.79 Å². The number of hydrogen-bond donors (Lipinski definition) is 1. The molecule has 0 saturated carbocycles. The first-order chi connectivity index (χ1) is 8.06. The molecule has 2 aromatic rings. The van der Waals surface area contributed by atoms with Gasteiger partial charge in [0.1, 0.15) is 10.0 Å². The molecular weight excluding hydrogens is 282 g/mol. The molecule has 17 heavy (non-hydrogen) atoms. The summed E-state index contributed by atoms with van der Waals surface area (Å²) in [5.41, 5.74) is -0.155. The van der Waals surface area contributed by atoms with Crippen molar-refractivity contribution in [2.45, 2.75) is 16.3 Å².